The second-order valence-corrected chi connectivity index (χ2v) is 31.1. The zero-order valence-electron chi connectivity index (χ0n) is 62.5. The van der Waals surface area contributed by atoms with Crippen LogP contribution in [0.3, 0.4) is 0 Å². The summed E-state index contributed by atoms with van der Waals surface area (Å²) >= 11 is 0. The van der Waals surface area contributed by atoms with E-state index in [4.69, 9.17) is 37.0 Å². The van der Waals surface area contributed by atoms with Crippen molar-refractivity contribution in [3.8, 4) is 0 Å². The Hall–Kier alpha value is -1.94. The first-order chi connectivity index (χ1) is 46.5. The summed E-state index contributed by atoms with van der Waals surface area (Å²) in [5.74, 6) is -1.31. The third-order valence-electron chi connectivity index (χ3n) is 18.0. The highest BCUT2D eigenvalue weighted by Crippen LogP contribution is 2.45. The molecule has 0 saturated carbocycles. The van der Waals surface area contributed by atoms with Crippen LogP contribution in [0.1, 0.15) is 407 Å². The van der Waals surface area contributed by atoms with Crippen LogP contribution in [0, 0.1) is 5.92 Å². The van der Waals surface area contributed by atoms with E-state index < -0.39 is 97.5 Å². The van der Waals surface area contributed by atoms with Gasteiger partial charge in [0.2, 0.25) is 0 Å². The van der Waals surface area contributed by atoms with Crippen LogP contribution < -0.4 is 0 Å². The number of rotatable bonds is 77. The number of aliphatic hydroxyl groups is 1. The van der Waals surface area contributed by atoms with Gasteiger partial charge < -0.3 is 33.8 Å². The van der Waals surface area contributed by atoms with Gasteiger partial charge in [0.05, 0.1) is 26.4 Å². The van der Waals surface area contributed by atoms with Crippen LogP contribution in [0.2, 0.25) is 0 Å². The summed E-state index contributed by atoms with van der Waals surface area (Å²) < 4.78 is 68.5. The second-order valence-electron chi connectivity index (χ2n) is 28.2. The number of carbonyl (C=O) groups is 4. The minimum atomic E-state index is -4.96. The number of aliphatic hydroxyl groups excluding tert-OH is 1. The molecule has 0 aromatic carbocycles. The fourth-order valence-corrected chi connectivity index (χ4v) is 13.5. The van der Waals surface area contributed by atoms with Gasteiger partial charge >= 0.3 is 39.5 Å². The molecule has 570 valence electrons. The highest BCUT2D eigenvalue weighted by molar-refractivity contribution is 7.47. The number of ether oxygens (including phenoxy) is 4. The molecule has 0 spiro atoms. The maximum atomic E-state index is 13.1. The van der Waals surface area contributed by atoms with Crippen LogP contribution in [0.5, 0.6) is 0 Å². The number of carbonyl (C=O) groups excluding carboxylic acids is 4. The molecule has 0 rings (SSSR count). The minimum absolute atomic E-state index is 0.107. The molecular weight excluding hydrogens is 1260 g/mol. The number of hydrogen-bond acceptors (Lipinski definition) is 15. The molecule has 0 aromatic rings. The van der Waals surface area contributed by atoms with E-state index in [-0.39, 0.29) is 25.7 Å². The Bertz CT molecular complexity index is 1840. The van der Waals surface area contributed by atoms with E-state index in [9.17, 15) is 43.2 Å². The van der Waals surface area contributed by atoms with Crippen LogP contribution in [-0.2, 0) is 65.4 Å². The van der Waals surface area contributed by atoms with Crippen molar-refractivity contribution < 1.29 is 80.2 Å². The smallest absolute Gasteiger partial charge is 0.462 e. The van der Waals surface area contributed by atoms with E-state index in [1.807, 2.05) is 0 Å². The van der Waals surface area contributed by atoms with Gasteiger partial charge in [-0.15, -0.1) is 0 Å². The number of esters is 4. The third-order valence-corrected chi connectivity index (χ3v) is 19.9. The number of hydrogen-bond donors (Lipinski definition) is 3. The van der Waals surface area contributed by atoms with Crippen molar-refractivity contribution >= 4 is 39.5 Å². The Morgan fingerprint density at radius 3 is 0.708 bits per heavy atom. The summed E-state index contributed by atoms with van der Waals surface area (Å²) in [6.07, 6.45) is 59.7. The van der Waals surface area contributed by atoms with Gasteiger partial charge in [0.15, 0.2) is 12.2 Å². The normalized spacial score (nSPS) is 13.9. The molecule has 0 aliphatic carbocycles. The highest BCUT2D eigenvalue weighted by atomic mass is 31.2. The Morgan fingerprint density at radius 1 is 0.281 bits per heavy atom. The van der Waals surface area contributed by atoms with Crippen LogP contribution in [-0.4, -0.2) is 96.7 Å². The van der Waals surface area contributed by atoms with Crippen molar-refractivity contribution in [3.05, 3.63) is 0 Å². The molecule has 2 unspecified atom stereocenters. The minimum Gasteiger partial charge on any atom is -0.462 e. The predicted octanol–water partition coefficient (Wildman–Crippen LogP) is 22.9. The molecule has 0 aromatic heterocycles. The Labute approximate surface area is 588 Å². The van der Waals surface area contributed by atoms with Crippen molar-refractivity contribution in [3.63, 3.8) is 0 Å². The lowest BCUT2D eigenvalue weighted by atomic mass is 10.0. The maximum absolute atomic E-state index is 13.1. The lowest BCUT2D eigenvalue weighted by Crippen LogP contribution is -2.30. The molecule has 0 saturated heterocycles. The Morgan fingerprint density at radius 2 is 0.479 bits per heavy atom. The number of phosphoric acid groups is 2. The highest BCUT2D eigenvalue weighted by Gasteiger charge is 2.30. The first kappa shape index (κ1) is 94.1. The molecule has 0 aliphatic heterocycles. The summed E-state index contributed by atoms with van der Waals surface area (Å²) in [6.45, 7) is 7.30. The maximum Gasteiger partial charge on any atom is 0.472 e. The molecule has 0 amide bonds. The molecule has 96 heavy (non-hydrogen) atoms. The van der Waals surface area contributed by atoms with Crippen molar-refractivity contribution in [1.29, 1.82) is 0 Å². The molecule has 19 heteroatoms. The fourth-order valence-electron chi connectivity index (χ4n) is 11.9. The largest absolute Gasteiger partial charge is 0.472 e. The molecule has 3 N–H and O–H groups in total. The van der Waals surface area contributed by atoms with E-state index in [0.29, 0.717) is 25.7 Å². The van der Waals surface area contributed by atoms with E-state index in [1.54, 1.807) is 0 Å². The molecule has 17 nitrogen and oxygen atoms in total. The van der Waals surface area contributed by atoms with E-state index in [1.165, 1.54) is 231 Å². The van der Waals surface area contributed by atoms with Crippen molar-refractivity contribution in [2.24, 2.45) is 5.92 Å². The molecule has 0 bridgehead atoms. The molecule has 0 heterocycles. The lowest BCUT2D eigenvalue weighted by molar-refractivity contribution is -0.161. The third kappa shape index (κ3) is 70.5. The summed E-state index contributed by atoms with van der Waals surface area (Å²) in [4.78, 5) is 72.7. The average Bonchev–Trinajstić information content (AvgIpc) is 1.19. The summed E-state index contributed by atoms with van der Waals surface area (Å²) in [7, 11) is -9.91. The summed E-state index contributed by atoms with van der Waals surface area (Å²) in [6, 6.07) is 0. The van der Waals surface area contributed by atoms with Gasteiger partial charge in [0.1, 0.15) is 19.3 Å². The fraction of sp³-hybridized carbons (Fsp3) is 0.948. The molecule has 5 atom stereocenters. The van der Waals surface area contributed by atoms with Gasteiger partial charge in [-0.2, -0.15) is 0 Å². The van der Waals surface area contributed by atoms with Gasteiger partial charge in [-0.1, -0.05) is 356 Å². The topological polar surface area (TPSA) is 237 Å². The summed E-state index contributed by atoms with van der Waals surface area (Å²) in [5.41, 5.74) is 0. The molecule has 0 fully saturated rings. The van der Waals surface area contributed by atoms with Crippen molar-refractivity contribution in [1.82, 2.24) is 0 Å². The van der Waals surface area contributed by atoms with Crippen LogP contribution in [0.15, 0.2) is 0 Å². The van der Waals surface area contributed by atoms with Crippen LogP contribution >= 0.6 is 15.6 Å². The van der Waals surface area contributed by atoms with Crippen LogP contribution in [0.4, 0.5) is 0 Å². The van der Waals surface area contributed by atoms with Gasteiger partial charge in [-0.25, -0.2) is 9.13 Å². The molecule has 0 aliphatic rings. The van der Waals surface area contributed by atoms with Crippen molar-refractivity contribution in [2.75, 3.05) is 39.6 Å². The van der Waals surface area contributed by atoms with Gasteiger partial charge in [0.25, 0.3) is 0 Å². The van der Waals surface area contributed by atoms with E-state index >= 15 is 0 Å². The van der Waals surface area contributed by atoms with E-state index in [2.05, 4.69) is 34.6 Å². The molecular formula is C77H150O17P2. The first-order valence-corrected chi connectivity index (χ1v) is 43.1. The lowest BCUT2D eigenvalue weighted by Gasteiger charge is -2.21. The van der Waals surface area contributed by atoms with Crippen molar-refractivity contribution in [2.45, 2.75) is 425 Å². The Kier molecular flexibility index (Phi) is 68.7. The predicted molar refractivity (Wildman–Crippen MR) is 391 cm³/mol. The van der Waals surface area contributed by atoms with Gasteiger partial charge in [-0.3, -0.25) is 37.3 Å². The Balaban J connectivity index is 5.19. The second kappa shape index (κ2) is 70.1. The van der Waals surface area contributed by atoms with Gasteiger partial charge in [0, 0.05) is 25.7 Å². The molecule has 0 radical (unpaired) electrons. The SMILES string of the molecule is CCCCCCCCCCCCCCCCCCCCCC(=O)O[C@H](COC(=O)CCCCCCCCCCCCCCCCCC(C)C)COP(=O)(O)OC[C@@H](O)COP(=O)(O)OC[C@@H](COC(=O)CCCCCCCCCCC)OC(=O)CCCCCCCCCCCC. The average molecular weight is 1410 g/mol. The van der Waals surface area contributed by atoms with E-state index in [0.717, 1.165) is 95.8 Å². The number of unbranched alkanes of at least 4 members (excludes halogenated alkanes) is 49. The zero-order valence-corrected chi connectivity index (χ0v) is 64.3. The standard InChI is InChI=1S/C77H150O17P2/c1-6-9-12-15-18-21-23-24-25-26-27-28-31-35-38-43-48-53-58-63-77(82)94-73(67-88-75(80)61-56-51-46-42-37-34-32-29-30-33-36-40-44-49-54-59-70(4)5)69-92-96(85,86)90-65-71(78)64-89-95(83,84)91-68-72(66-87-74(79)60-55-50-45-39-20-17-14-11-8-3)93-76(81)62-57-52-47-41-22-19-16-13-10-7-2/h70-73,78H,6-69H2,1-5H3,(H,83,84)(H,85,86)/t71-,72+,73+/m0/s1. The monoisotopic (exact) mass is 1410 g/mol. The first-order valence-electron chi connectivity index (χ1n) is 40.1. The van der Waals surface area contributed by atoms with Gasteiger partial charge in [-0.05, 0) is 31.6 Å². The zero-order chi connectivity index (χ0) is 70.5. The van der Waals surface area contributed by atoms with Crippen LogP contribution in [0.25, 0.3) is 0 Å². The quantitative estimate of drug-likeness (QED) is 0.0222. The summed E-state index contributed by atoms with van der Waals surface area (Å²) in [5, 5.41) is 10.6. The number of phosphoric ester groups is 2.